The monoisotopic (exact) mass is 793 g/mol. The zero-order chi connectivity index (χ0) is 40.5. The van der Waals surface area contributed by atoms with Crippen LogP contribution in [0.3, 0.4) is 0 Å². The Labute approximate surface area is 352 Å². The van der Waals surface area contributed by atoms with E-state index >= 15 is 0 Å². The summed E-state index contributed by atoms with van der Waals surface area (Å²) in [4.78, 5) is 15.9. The Hall–Kier alpha value is -8.55. The highest BCUT2D eigenvalue weighted by atomic mass is 16.3. The Balaban J connectivity index is 1.07. The van der Waals surface area contributed by atoms with Gasteiger partial charge in [0, 0.05) is 43.3 Å². The van der Waals surface area contributed by atoms with Crippen LogP contribution < -0.4 is 0 Å². The molecule has 5 aromatic heterocycles. The number of hydrogen-bond donors (Lipinski definition) is 0. The van der Waals surface area contributed by atoms with Gasteiger partial charge in [0.1, 0.15) is 22.3 Å². The first-order valence-corrected chi connectivity index (χ1v) is 20.8. The zero-order valence-electron chi connectivity index (χ0n) is 33.0. The maximum atomic E-state index is 6.94. The van der Waals surface area contributed by atoms with Crippen molar-refractivity contribution in [3.05, 3.63) is 188 Å². The molecule has 0 saturated carbocycles. The summed E-state index contributed by atoms with van der Waals surface area (Å²) in [6, 6.07) is 65.6. The smallest absolute Gasteiger partial charge is 0.238 e. The van der Waals surface area contributed by atoms with Gasteiger partial charge in [0.15, 0.2) is 11.6 Å². The summed E-state index contributed by atoms with van der Waals surface area (Å²) in [6.07, 6.45) is 0. The Morgan fingerprint density at radius 2 is 0.919 bits per heavy atom. The predicted molar refractivity (Wildman–Crippen MR) is 251 cm³/mol. The Kier molecular flexibility index (Phi) is 6.71. The number of rotatable bonds is 4. The average molecular weight is 794 g/mol. The van der Waals surface area contributed by atoms with Gasteiger partial charge < -0.3 is 13.4 Å². The first-order valence-electron chi connectivity index (χ1n) is 20.8. The Bertz CT molecular complexity index is 4130. The van der Waals surface area contributed by atoms with E-state index in [-0.39, 0.29) is 0 Å². The summed E-state index contributed by atoms with van der Waals surface area (Å²) < 4.78 is 17.9. The third-order valence-corrected chi connectivity index (χ3v) is 12.6. The molecule has 0 saturated heterocycles. The van der Waals surface area contributed by atoms with Crippen LogP contribution in [0.1, 0.15) is 0 Å². The average Bonchev–Trinajstić information content (AvgIpc) is 4.08. The van der Waals surface area contributed by atoms with E-state index in [9.17, 15) is 0 Å². The molecule has 0 amide bonds. The van der Waals surface area contributed by atoms with Crippen molar-refractivity contribution >= 4 is 98.3 Å². The highest BCUT2D eigenvalue weighted by Gasteiger charge is 2.24. The van der Waals surface area contributed by atoms with E-state index in [2.05, 4.69) is 161 Å². The summed E-state index contributed by atoms with van der Waals surface area (Å²) in [5, 5.41) is 11.1. The van der Waals surface area contributed by atoms with Crippen molar-refractivity contribution < 1.29 is 8.83 Å². The third kappa shape index (κ3) is 4.67. The number of fused-ring (bicyclic) bond motifs is 13. The fraction of sp³-hybridized carbons (Fsp3) is 0. The molecule has 0 spiro atoms. The number of nitrogens with zero attached hydrogens (tertiary/aromatic N) is 5. The Morgan fingerprint density at radius 1 is 0.355 bits per heavy atom. The molecule has 7 nitrogen and oxygen atoms in total. The van der Waals surface area contributed by atoms with Crippen LogP contribution in [-0.4, -0.2) is 24.1 Å². The zero-order valence-corrected chi connectivity index (χ0v) is 33.0. The van der Waals surface area contributed by atoms with E-state index in [0.29, 0.717) is 23.2 Å². The minimum atomic E-state index is 0.500. The van der Waals surface area contributed by atoms with Gasteiger partial charge in [-0.25, -0.2) is 4.98 Å². The van der Waals surface area contributed by atoms with Crippen molar-refractivity contribution in [2.75, 3.05) is 0 Å². The molecule has 9 aromatic carbocycles. The first-order chi connectivity index (χ1) is 30.7. The minimum absolute atomic E-state index is 0.500. The van der Waals surface area contributed by atoms with Gasteiger partial charge in [-0.2, -0.15) is 9.97 Å². The standard InChI is InChI=1S/C55H31N5O2/c1-2-14-33-30-47-42(29-32(33)13-1)37-17-5-8-20-43(37)59(47)46-28-27-41(52-51(46)40-19-7-12-24-49(40)62-52)54-56-53(34-25-26-39-38-18-6-11-23-48(38)61-50(39)31-34)57-55(58-54)60-44-21-9-3-15-35(44)36-16-4-10-22-45(36)60/h1-31H. The number of furan rings is 2. The summed E-state index contributed by atoms with van der Waals surface area (Å²) in [7, 11) is 0. The number of para-hydroxylation sites is 5. The second kappa shape index (κ2) is 12.5. The lowest BCUT2D eigenvalue weighted by molar-refractivity contribution is 0.668. The Morgan fingerprint density at radius 3 is 1.66 bits per heavy atom. The summed E-state index contributed by atoms with van der Waals surface area (Å²) in [5.74, 6) is 1.53. The fourth-order valence-electron chi connectivity index (χ4n) is 9.81. The molecule has 0 N–H and O–H groups in total. The molecule has 14 aromatic rings. The minimum Gasteiger partial charge on any atom is -0.456 e. The third-order valence-electron chi connectivity index (χ3n) is 12.6. The van der Waals surface area contributed by atoms with Gasteiger partial charge in [-0.1, -0.05) is 121 Å². The van der Waals surface area contributed by atoms with Crippen molar-refractivity contribution in [2.24, 2.45) is 0 Å². The lowest BCUT2D eigenvalue weighted by Gasteiger charge is -2.13. The van der Waals surface area contributed by atoms with Gasteiger partial charge in [0.25, 0.3) is 0 Å². The predicted octanol–water partition coefficient (Wildman–Crippen LogP) is 14.4. The van der Waals surface area contributed by atoms with E-state index in [1.54, 1.807) is 0 Å². The molecule has 0 unspecified atom stereocenters. The number of aromatic nitrogens is 5. The molecule has 14 rings (SSSR count). The van der Waals surface area contributed by atoms with Gasteiger partial charge in [-0.15, -0.1) is 0 Å². The molecule has 5 heterocycles. The molecule has 7 heteroatoms. The highest BCUT2D eigenvalue weighted by molar-refractivity contribution is 6.18. The summed E-state index contributed by atoms with van der Waals surface area (Å²) in [5.41, 5.74) is 9.96. The first kappa shape index (κ1) is 33.3. The molecule has 0 radical (unpaired) electrons. The molecule has 0 fully saturated rings. The molecule has 62 heavy (non-hydrogen) atoms. The van der Waals surface area contributed by atoms with Crippen molar-refractivity contribution in [3.63, 3.8) is 0 Å². The van der Waals surface area contributed by atoms with E-state index in [1.807, 2.05) is 36.4 Å². The van der Waals surface area contributed by atoms with E-state index in [1.165, 1.54) is 21.5 Å². The quantitative estimate of drug-likeness (QED) is 0.177. The second-order valence-electron chi connectivity index (χ2n) is 16.0. The van der Waals surface area contributed by atoms with Gasteiger partial charge in [0.05, 0.1) is 38.7 Å². The normalized spacial score (nSPS) is 12.2. The fourth-order valence-corrected chi connectivity index (χ4v) is 9.81. The largest absolute Gasteiger partial charge is 0.456 e. The van der Waals surface area contributed by atoms with Crippen molar-refractivity contribution in [2.45, 2.75) is 0 Å². The highest BCUT2D eigenvalue weighted by Crippen LogP contribution is 2.43. The van der Waals surface area contributed by atoms with Crippen LogP contribution in [0.15, 0.2) is 197 Å². The van der Waals surface area contributed by atoms with Gasteiger partial charge in [-0.05, 0) is 77.5 Å². The van der Waals surface area contributed by atoms with E-state index < -0.39 is 0 Å². The van der Waals surface area contributed by atoms with Crippen molar-refractivity contribution in [1.82, 2.24) is 24.1 Å². The molecular weight excluding hydrogens is 763 g/mol. The van der Waals surface area contributed by atoms with Crippen LogP contribution in [0, 0.1) is 0 Å². The van der Waals surface area contributed by atoms with Crippen LogP contribution in [-0.2, 0) is 0 Å². The van der Waals surface area contributed by atoms with Crippen LogP contribution in [0.5, 0.6) is 0 Å². The molecule has 0 aliphatic carbocycles. The topological polar surface area (TPSA) is 74.8 Å². The lowest BCUT2D eigenvalue weighted by atomic mass is 10.0. The van der Waals surface area contributed by atoms with E-state index in [4.69, 9.17) is 23.8 Å². The van der Waals surface area contributed by atoms with Gasteiger partial charge in [0.2, 0.25) is 5.95 Å². The summed E-state index contributed by atoms with van der Waals surface area (Å²) in [6.45, 7) is 0. The van der Waals surface area contributed by atoms with Crippen LogP contribution >= 0.6 is 0 Å². The van der Waals surface area contributed by atoms with Crippen LogP contribution in [0.25, 0.3) is 133 Å². The lowest BCUT2D eigenvalue weighted by Crippen LogP contribution is -2.06. The number of hydrogen-bond acceptors (Lipinski definition) is 5. The number of benzene rings is 9. The van der Waals surface area contributed by atoms with Crippen LogP contribution in [0.2, 0.25) is 0 Å². The SMILES string of the molecule is c1ccc2cc3c(cc2c1)c1ccccc1n3-c1ccc(-c2nc(-c3ccc4c(c3)oc3ccccc34)nc(-n3c4ccccc4c4ccccc43)n2)c2oc3ccccc3c12. The van der Waals surface area contributed by atoms with Gasteiger partial charge in [-0.3, -0.25) is 4.57 Å². The molecule has 0 bridgehead atoms. The van der Waals surface area contributed by atoms with Crippen molar-refractivity contribution in [3.8, 4) is 34.4 Å². The van der Waals surface area contributed by atoms with E-state index in [0.717, 1.165) is 87.9 Å². The van der Waals surface area contributed by atoms with Gasteiger partial charge >= 0.3 is 0 Å². The van der Waals surface area contributed by atoms with Crippen LogP contribution in [0.4, 0.5) is 0 Å². The summed E-state index contributed by atoms with van der Waals surface area (Å²) >= 11 is 0. The molecule has 0 aliphatic rings. The maximum Gasteiger partial charge on any atom is 0.238 e. The molecular formula is C55H31N5O2. The van der Waals surface area contributed by atoms with Crippen molar-refractivity contribution in [1.29, 1.82) is 0 Å². The second-order valence-corrected chi connectivity index (χ2v) is 16.0. The molecule has 288 valence electrons. The maximum absolute atomic E-state index is 6.94. The molecule has 0 aliphatic heterocycles. The molecule has 0 atom stereocenters.